The van der Waals surface area contributed by atoms with Gasteiger partial charge in [0.1, 0.15) is 0 Å². The summed E-state index contributed by atoms with van der Waals surface area (Å²) in [7, 11) is 0. The van der Waals surface area contributed by atoms with Gasteiger partial charge in [0, 0.05) is 27.5 Å². The number of hydrogen-bond donors (Lipinski definition) is 0. The minimum atomic E-state index is -0.530. The first-order valence-electron chi connectivity index (χ1n) is 21.5. The second-order valence-electron chi connectivity index (χ2n) is 16.6. The smallest absolute Gasteiger partial charge is 0.0729 e. The zero-order valence-corrected chi connectivity index (χ0v) is 33.8. The first-order valence-corrected chi connectivity index (χ1v) is 21.5. The normalized spacial score (nSPS) is 14.8. The Bertz CT molecular complexity index is 3590. The lowest BCUT2D eigenvalue weighted by Gasteiger charge is -2.41. The van der Waals surface area contributed by atoms with Crippen molar-refractivity contribution < 1.29 is 0 Å². The molecular formula is C59H40N2. The van der Waals surface area contributed by atoms with Crippen molar-refractivity contribution in [1.82, 2.24) is 4.57 Å². The van der Waals surface area contributed by atoms with E-state index in [0.29, 0.717) is 0 Å². The first-order chi connectivity index (χ1) is 30.3. The van der Waals surface area contributed by atoms with Crippen LogP contribution in [0.1, 0.15) is 34.7 Å². The quantitative estimate of drug-likeness (QED) is 0.169. The van der Waals surface area contributed by atoms with Gasteiger partial charge in [-0.05, 0) is 121 Å². The highest BCUT2D eigenvalue weighted by Gasteiger charge is 2.51. The van der Waals surface area contributed by atoms with Gasteiger partial charge in [0.2, 0.25) is 0 Å². The summed E-state index contributed by atoms with van der Waals surface area (Å²) in [5, 5.41) is 7.54. The highest BCUT2D eigenvalue weighted by molar-refractivity contribution is 6.18. The Morgan fingerprint density at radius 1 is 0.426 bits per heavy atom. The maximum Gasteiger partial charge on any atom is 0.0729 e. The van der Waals surface area contributed by atoms with Gasteiger partial charge in [0.15, 0.2) is 0 Å². The number of nitrogens with zero attached hydrogens (tertiary/aromatic N) is 2. The number of aromatic nitrogens is 1. The van der Waals surface area contributed by atoms with Gasteiger partial charge in [0.05, 0.1) is 27.8 Å². The van der Waals surface area contributed by atoms with Crippen molar-refractivity contribution >= 4 is 60.4 Å². The van der Waals surface area contributed by atoms with Crippen LogP contribution < -0.4 is 4.90 Å². The lowest BCUT2D eigenvalue weighted by atomic mass is 9.60. The van der Waals surface area contributed by atoms with Crippen LogP contribution in [0.5, 0.6) is 0 Å². The SMILES string of the molecule is CCc1ccc2cccc3c2c1C1(c2ccccc2-c2ccc(N(c4cccc5ccccc45)c4cccc5c4c4ccccc4n5-c4ccccc4)cc21)c1ccccc1-3. The monoisotopic (exact) mass is 776 g/mol. The number of aryl methyl sites for hydroxylation is 1. The van der Waals surface area contributed by atoms with E-state index in [1.165, 1.54) is 93.4 Å². The Morgan fingerprint density at radius 2 is 1.03 bits per heavy atom. The van der Waals surface area contributed by atoms with Gasteiger partial charge in [-0.1, -0.05) is 171 Å². The third-order valence-electron chi connectivity index (χ3n) is 13.7. The van der Waals surface area contributed by atoms with Gasteiger partial charge in [-0.25, -0.2) is 0 Å². The molecule has 11 aromatic rings. The molecule has 1 aromatic heterocycles. The summed E-state index contributed by atoms with van der Waals surface area (Å²) in [4.78, 5) is 2.55. The summed E-state index contributed by atoms with van der Waals surface area (Å²) in [5.74, 6) is 0. The molecule has 0 amide bonds. The Kier molecular flexibility index (Phi) is 7.24. The molecule has 1 spiro atoms. The van der Waals surface area contributed by atoms with E-state index >= 15 is 0 Å². The number of anilines is 3. The molecule has 0 saturated carbocycles. The van der Waals surface area contributed by atoms with Crippen molar-refractivity contribution in [3.63, 3.8) is 0 Å². The van der Waals surface area contributed by atoms with E-state index in [1.54, 1.807) is 0 Å². The lowest BCUT2D eigenvalue weighted by molar-refractivity contribution is 0.759. The zero-order valence-electron chi connectivity index (χ0n) is 33.8. The Morgan fingerprint density at radius 3 is 1.87 bits per heavy atom. The number of hydrogen-bond acceptors (Lipinski definition) is 1. The van der Waals surface area contributed by atoms with Gasteiger partial charge < -0.3 is 9.47 Å². The van der Waals surface area contributed by atoms with Gasteiger partial charge in [-0.3, -0.25) is 0 Å². The summed E-state index contributed by atoms with van der Waals surface area (Å²) in [6, 6.07) is 79.5. The largest absolute Gasteiger partial charge is 0.309 e. The van der Waals surface area contributed by atoms with E-state index in [1.807, 2.05) is 0 Å². The Labute approximate surface area is 355 Å². The van der Waals surface area contributed by atoms with E-state index < -0.39 is 5.41 Å². The lowest BCUT2D eigenvalue weighted by Crippen LogP contribution is -2.33. The molecule has 0 N–H and O–H groups in total. The predicted octanol–water partition coefficient (Wildman–Crippen LogP) is 15.5. The molecule has 2 nitrogen and oxygen atoms in total. The fraction of sp³-hybridized carbons (Fsp3) is 0.0508. The molecule has 0 radical (unpaired) electrons. The molecule has 10 aromatic carbocycles. The van der Waals surface area contributed by atoms with Gasteiger partial charge in [-0.2, -0.15) is 0 Å². The maximum absolute atomic E-state index is 2.55. The van der Waals surface area contributed by atoms with Crippen LogP contribution in [-0.4, -0.2) is 4.57 Å². The van der Waals surface area contributed by atoms with Crippen molar-refractivity contribution in [1.29, 1.82) is 0 Å². The Balaban J connectivity index is 1.17. The molecule has 286 valence electrons. The molecule has 2 heteroatoms. The van der Waals surface area contributed by atoms with E-state index in [2.05, 4.69) is 229 Å². The van der Waals surface area contributed by atoms with E-state index in [4.69, 9.17) is 0 Å². The summed E-state index contributed by atoms with van der Waals surface area (Å²) >= 11 is 0. The molecular weight excluding hydrogens is 737 g/mol. The molecule has 0 aliphatic heterocycles. The topological polar surface area (TPSA) is 8.17 Å². The maximum atomic E-state index is 2.55. The molecule has 2 aliphatic carbocycles. The third kappa shape index (κ3) is 4.57. The van der Waals surface area contributed by atoms with Crippen LogP contribution in [0.25, 0.3) is 71.3 Å². The van der Waals surface area contributed by atoms with Crippen LogP contribution in [0.2, 0.25) is 0 Å². The van der Waals surface area contributed by atoms with Crippen molar-refractivity contribution in [2.24, 2.45) is 0 Å². The van der Waals surface area contributed by atoms with Crippen LogP contribution in [-0.2, 0) is 11.8 Å². The fourth-order valence-corrected chi connectivity index (χ4v) is 11.4. The Hall–Kier alpha value is -7.68. The van der Waals surface area contributed by atoms with E-state index in [-0.39, 0.29) is 0 Å². The second-order valence-corrected chi connectivity index (χ2v) is 16.6. The average Bonchev–Trinajstić information content (AvgIpc) is 3.82. The second kappa shape index (κ2) is 12.9. The summed E-state index contributed by atoms with van der Waals surface area (Å²) in [5.41, 5.74) is 18.5. The third-order valence-corrected chi connectivity index (χ3v) is 13.7. The average molecular weight is 777 g/mol. The fourth-order valence-electron chi connectivity index (χ4n) is 11.4. The van der Waals surface area contributed by atoms with Crippen molar-refractivity contribution in [2.45, 2.75) is 18.8 Å². The van der Waals surface area contributed by atoms with Gasteiger partial charge in [-0.15, -0.1) is 0 Å². The van der Waals surface area contributed by atoms with Crippen LogP contribution in [0.15, 0.2) is 212 Å². The number of fused-ring (bicyclic) bond motifs is 13. The zero-order chi connectivity index (χ0) is 40.2. The van der Waals surface area contributed by atoms with Crippen LogP contribution in [0.3, 0.4) is 0 Å². The molecule has 0 fully saturated rings. The van der Waals surface area contributed by atoms with Crippen molar-refractivity contribution in [3.8, 4) is 27.9 Å². The van der Waals surface area contributed by atoms with Gasteiger partial charge >= 0.3 is 0 Å². The summed E-state index contributed by atoms with van der Waals surface area (Å²) < 4.78 is 2.42. The standard InChI is InChI=1S/C59H40N2/c1-2-38-33-34-40-19-14-26-47-45-24-9-12-28-50(45)59(58(38)56(40)47)49-27-11-8-23-44(49)46-36-35-42(37-51(46)59)61(52-30-15-18-39-17-6-7-22-43(39)52)55-32-16-31-54-57(55)48-25-10-13-29-53(48)60(54)41-20-4-3-5-21-41/h3-37H,2H2,1H3. The molecule has 13 rings (SSSR count). The van der Waals surface area contributed by atoms with Crippen molar-refractivity contribution in [2.75, 3.05) is 4.90 Å². The van der Waals surface area contributed by atoms with Crippen LogP contribution in [0.4, 0.5) is 17.1 Å². The molecule has 2 aliphatic rings. The molecule has 0 bridgehead atoms. The minimum absolute atomic E-state index is 0.530. The number of benzene rings is 10. The molecule has 0 saturated heterocycles. The van der Waals surface area contributed by atoms with Crippen LogP contribution in [0, 0.1) is 0 Å². The predicted molar refractivity (Wildman–Crippen MR) is 256 cm³/mol. The van der Waals surface area contributed by atoms with Crippen LogP contribution >= 0.6 is 0 Å². The van der Waals surface area contributed by atoms with Crippen molar-refractivity contribution in [3.05, 3.63) is 240 Å². The molecule has 1 unspecified atom stereocenters. The molecule has 1 atom stereocenters. The van der Waals surface area contributed by atoms with E-state index in [9.17, 15) is 0 Å². The number of rotatable bonds is 5. The highest BCUT2D eigenvalue weighted by atomic mass is 15.1. The molecule has 61 heavy (non-hydrogen) atoms. The highest BCUT2D eigenvalue weighted by Crippen LogP contribution is 2.63. The molecule has 1 heterocycles. The number of para-hydroxylation sites is 2. The minimum Gasteiger partial charge on any atom is -0.309 e. The van der Waals surface area contributed by atoms with Gasteiger partial charge in [0.25, 0.3) is 0 Å². The van der Waals surface area contributed by atoms with E-state index in [0.717, 1.165) is 29.2 Å². The summed E-state index contributed by atoms with van der Waals surface area (Å²) in [6.07, 6.45) is 0.941. The first kappa shape index (κ1) is 34.2. The summed E-state index contributed by atoms with van der Waals surface area (Å²) in [6.45, 7) is 2.32.